The molecule has 23 heavy (non-hydrogen) atoms. The lowest BCUT2D eigenvalue weighted by Gasteiger charge is -2.19. The zero-order valence-electron chi connectivity index (χ0n) is 15.4. The van der Waals surface area contributed by atoms with E-state index in [1.165, 1.54) is 44.5 Å². The van der Waals surface area contributed by atoms with Gasteiger partial charge in [-0.2, -0.15) is 0 Å². The summed E-state index contributed by atoms with van der Waals surface area (Å²) in [6.07, 6.45) is 3.26. The standard InChI is InChI=1S/C23H28/c1-8-22(14-21-11-9-15(2)10-12-21)20(7)23-17(4)13-16(3)18(5)19(23)6/h9-14H,7-8H2,1-6H3. The van der Waals surface area contributed by atoms with Gasteiger partial charge in [0.05, 0.1) is 0 Å². The Morgan fingerprint density at radius 3 is 2.09 bits per heavy atom. The Kier molecular flexibility index (Phi) is 5.26. The van der Waals surface area contributed by atoms with E-state index in [0.29, 0.717) is 0 Å². The molecule has 0 saturated heterocycles. The molecule has 0 spiro atoms. The fourth-order valence-corrected chi connectivity index (χ4v) is 3.18. The van der Waals surface area contributed by atoms with Crippen LogP contribution in [-0.4, -0.2) is 0 Å². The molecule has 2 aromatic rings. The third-order valence-electron chi connectivity index (χ3n) is 4.84. The van der Waals surface area contributed by atoms with Gasteiger partial charge in [-0.3, -0.25) is 0 Å². The molecule has 0 bridgehead atoms. The average molecular weight is 304 g/mol. The Labute approximate surface area is 141 Å². The van der Waals surface area contributed by atoms with Crippen molar-refractivity contribution in [2.24, 2.45) is 0 Å². The second-order valence-corrected chi connectivity index (χ2v) is 6.55. The first-order chi connectivity index (χ1) is 10.8. The molecule has 0 aliphatic rings. The first-order valence-corrected chi connectivity index (χ1v) is 8.39. The van der Waals surface area contributed by atoms with E-state index >= 15 is 0 Å². The van der Waals surface area contributed by atoms with Crippen molar-refractivity contribution in [3.8, 4) is 0 Å². The number of aryl methyl sites for hydroxylation is 3. The van der Waals surface area contributed by atoms with E-state index in [1.54, 1.807) is 0 Å². The zero-order valence-corrected chi connectivity index (χ0v) is 15.4. The van der Waals surface area contributed by atoms with E-state index in [9.17, 15) is 0 Å². The third-order valence-corrected chi connectivity index (χ3v) is 4.84. The van der Waals surface area contributed by atoms with Crippen molar-refractivity contribution in [2.45, 2.75) is 48.0 Å². The quantitative estimate of drug-likeness (QED) is 0.549. The second-order valence-electron chi connectivity index (χ2n) is 6.55. The minimum absolute atomic E-state index is 0.985. The van der Waals surface area contributed by atoms with Crippen LogP contribution in [-0.2, 0) is 0 Å². The SMILES string of the molecule is C=C(C(=Cc1ccc(C)cc1)CC)c1c(C)cc(C)c(C)c1C. The van der Waals surface area contributed by atoms with E-state index in [0.717, 1.165) is 12.0 Å². The Morgan fingerprint density at radius 2 is 1.52 bits per heavy atom. The second kappa shape index (κ2) is 7.00. The van der Waals surface area contributed by atoms with Gasteiger partial charge in [-0.15, -0.1) is 0 Å². The molecular weight excluding hydrogens is 276 g/mol. The molecule has 120 valence electrons. The third kappa shape index (κ3) is 3.64. The Balaban J connectivity index is 2.49. The lowest BCUT2D eigenvalue weighted by Crippen LogP contribution is -2.00. The predicted molar refractivity (Wildman–Crippen MR) is 104 cm³/mol. The summed E-state index contributed by atoms with van der Waals surface area (Å²) < 4.78 is 0. The molecule has 0 nitrogen and oxygen atoms in total. The molecule has 0 amide bonds. The highest BCUT2D eigenvalue weighted by molar-refractivity contribution is 5.86. The van der Waals surface area contributed by atoms with Crippen LogP contribution >= 0.6 is 0 Å². The topological polar surface area (TPSA) is 0 Å². The molecule has 0 saturated carbocycles. The fourth-order valence-electron chi connectivity index (χ4n) is 3.18. The summed E-state index contributed by atoms with van der Waals surface area (Å²) in [5.41, 5.74) is 11.7. The Morgan fingerprint density at radius 1 is 0.913 bits per heavy atom. The summed E-state index contributed by atoms with van der Waals surface area (Å²) in [5, 5.41) is 0. The van der Waals surface area contributed by atoms with Crippen molar-refractivity contribution in [1.29, 1.82) is 0 Å². The normalized spacial score (nSPS) is 11.7. The minimum atomic E-state index is 0.985. The molecule has 0 fully saturated rings. The molecule has 0 atom stereocenters. The molecule has 0 heteroatoms. The van der Waals surface area contributed by atoms with Crippen LogP contribution in [0.5, 0.6) is 0 Å². The van der Waals surface area contributed by atoms with Gasteiger partial charge >= 0.3 is 0 Å². The van der Waals surface area contributed by atoms with E-state index in [-0.39, 0.29) is 0 Å². The number of rotatable bonds is 4. The van der Waals surface area contributed by atoms with Crippen molar-refractivity contribution in [3.63, 3.8) is 0 Å². The summed E-state index contributed by atoms with van der Waals surface area (Å²) in [6.45, 7) is 17.6. The monoisotopic (exact) mass is 304 g/mol. The molecule has 2 aromatic carbocycles. The first-order valence-electron chi connectivity index (χ1n) is 8.39. The van der Waals surface area contributed by atoms with Crippen molar-refractivity contribution >= 4 is 11.6 Å². The van der Waals surface area contributed by atoms with Gasteiger partial charge in [0.15, 0.2) is 0 Å². The molecule has 0 aliphatic heterocycles. The molecular formula is C23H28. The van der Waals surface area contributed by atoms with E-state index < -0.39 is 0 Å². The van der Waals surface area contributed by atoms with Gasteiger partial charge in [-0.1, -0.05) is 55.5 Å². The highest BCUT2D eigenvalue weighted by atomic mass is 14.2. The zero-order chi connectivity index (χ0) is 17.1. The highest BCUT2D eigenvalue weighted by Gasteiger charge is 2.13. The van der Waals surface area contributed by atoms with E-state index in [2.05, 4.69) is 84.5 Å². The van der Waals surface area contributed by atoms with Crippen LogP contribution in [0, 0.1) is 34.6 Å². The average Bonchev–Trinajstić information content (AvgIpc) is 2.52. The summed E-state index contributed by atoms with van der Waals surface area (Å²) in [4.78, 5) is 0. The predicted octanol–water partition coefficient (Wildman–Crippen LogP) is 6.74. The minimum Gasteiger partial charge on any atom is -0.0909 e. The lowest BCUT2D eigenvalue weighted by atomic mass is 9.86. The maximum absolute atomic E-state index is 4.43. The molecule has 0 radical (unpaired) electrons. The summed E-state index contributed by atoms with van der Waals surface area (Å²) >= 11 is 0. The van der Waals surface area contributed by atoms with Crippen LogP contribution in [0.4, 0.5) is 0 Å². The van der Waals surface area contributed by atoms with Gasteiger partial charge in [0.1, 0.15) is 0 Å². The van der Waals surface area contributed by atoms with Gasteiger partial charge in [0.2, 0.25) is 0 Å². The molecule has 0 unspecified atom stereocenters. The molecule has 0 aromatic heterocycles. The van der Waals surface area contributed by atoms with Crippen LogP contribution in [0.25, 0.3) is 11.6 Å². The van der Waals surface area contributed by atoms with Gasteiger partial charge in [-0.05, 0) is 85.6 Å². The summed E-state index contributed by atoms with van der Waals surface area (Å²) in [6, 6.07) is 11.0. The van der Waals surface area contributed by atoms with Crippen molar-refractivity contribution in [2.75, 3.05) is 0 Å². The maximum atomic E-state index is 4.43. The van der Waals surface area contributed by atoms with Crippen LogP contribution < -0.4 is 0 Å². The Hall–Kier alpha value is -2.08. The van der Waals surface area contributed by atoms with Crippen LogP contribution in [0.3, 0.4) is 0 Å². The Bertz CT molecular complexity index is 756. The molecule has 0 aliphatic carbocycles. The van der Waals surface area contributed by atoms with Gasteiger partial charge < -0.3 is 0 Å². The van der Waals surface area contributed by atoms with Crippen LogP contribution in [0.15, 0.2) is 42.5 Å². The van der Waals surface area contributed by atoms with Gasteiger partial charge in [-0.25, -0.2) is 0 Å². The number of benzene rings is 2. The van der Waals surface area contributed by atoms with Crippen LogP contribution in [0.1, 0.15) is 52.3 Å². The summed E-state index contributed by atoms with van der Waals surface area (Å²) in [7, 11) is 0. The first kappa shape index (κ1) is 17.3. The molecule has 0 heterocycles. The van der Waals surface area contributed by atoms with Crippen molar-refractivity contribution in [1.82, 2.24) is 0 Å². The van der Waals surface area contributed by atoms with Crippen molar-refractivity contribution < 1.29 is 0 Å². The van der Waals surface area contributed by atoms with E-state index in [1.807, 2.05) is 0 Å². The lowest BCUT2D eigenvalue weighted by molar-refractivity contribution is 1.15. The number of hydrogen-bond acceptors (Lipinski definition) is 0. The van der Waals surface area contributed by atoms with Gasteiger partial charge in [0, 0.05) is 0 Å². The number of allylic oxidation sites excluding steroid dienone is 2. The smallest absolute Gasteiger partial charge is 0.0126 e. The largest absolute Gasteiger partial charge is 0.0909 e. The van der Waals surface area contributed by atoms with Gasteiger partial charge in [0.25, 0.3) is 0 Å². The molecule has 0 N–H and O–H groups in total. The summed E-state index contributed by atoms with van der Waals surface area (Å²) in [5.74, 6) is 0. The van der Waals surface area contributed by atoms with E-state index in [4.69, 9.17) is 0 Å². The maximum Gasteiger partial charge on any atom is -0.0126 e. The van der Waals surface area contributed by atoms with Crippen molar-refractivity contribution in [3.05, 3.63) is 81.4 Å². The fraction of sp³-hybridized carbons (Fsp3) is 0.304. The highest BCUT2D eigenvalue weighted by Crippen LogP contribution is 2.33. The van der Waals surface area contributed by atoms with Crippen LogP contribution in [0.2, 0.25) is 0 Å². The number of hydrogen-bond donors (Lipinski definition) is 0. The molecule has 2 rings (SSSR count).